The molecule has 5 heteroatoms. The summed E-state index contributed by atoms with van der Waals surface area (Å²) in [6.07, 6.45) is 3.95. The Kier molecular flexibility index (Phi) is 5.51. The van der Waals surface area contributed by atoms with Crippen LogP contribution in [0.15, 0.2) is 18.3 Å². The summed E-state index contributed by atoms with van der Waals surface area (Å²) in [7, 11) is 0. The monoisotopic (exact) mass is 366 g/mol. The summed E-state index contributed by atoms with van der Waals surface area (Å²) in [6.45, 7) is 12.6. The normalized spacial score (nSPS) is 12.6. The number of hydrogen-bond acceptors (Lipinski definition) is 4. The highest BCUT2D eigenvalue weighted by molar-refractivity contribution is 5.92. The zero-order valence-corrected chi connectivity index (χ0v) is 17.2. The van der Waals surface area contributed by atoms with E-state index >= 15 is 0 Å². The molecule has 0 bridgehead atoms. The van der Waals surface area contributed by atoms with Crippen LogP contribution >= 0.6 is 0 Å². The standard InChI is InChI=1S/C22H30N4O/c1-7-17-10-13(3)9-14(4)20(17)26-11-15(5)19-21(25-18(8-2)12-27)23-16(6)24-22(19)26/h9-11,18,27H,7-8,12H2,1-6H3,(H,23,24,25). The van der Waals surface area contributed by atoms with Crippen LogP contribution in [0, 0.1) is 27.7 Å². The fourth-order valence-electron chi connectivity index (χ4n) is 3.82. The molecule has 0 saturated heterocycles. The molecule has 3 rings (SSSR count). The van der Waals surface area contributed by atoms with Crippen LogP contribution in [0.25, 0.3) is 16.7 Å². The molecular weight excluding hydrogens is 336 g/mol. The zero-order chi connectivity index (χ0) is 19.7. The Morgan fingerprint density at radius 1 is 1.07 bits per heavy atom. The van der Waals surface area contributed by atoms with Crippen molar-refractivity contribution in [3.63, 3.8) is 0 Å². The number of nitrogens with one attached hydrogen (secondary N) is 1. The van der Waals surface area contributed by atoms with Gasteiger partial charge in [0.1, 0.15) is 11.6 Å². The van der Waals surface area contributed by atoms with Gasteiger partial charge in [0, 0.05) is 6.20 Å². The number of aryl methyl sites for hydroxylation is 5. The summed E-state index contributed by atoms with van der Waals surface area (Å²) in [5.41, 5.74) is 7.09. The molecule has 0 radical (unpaired) electrons. The SMILES string of the molecule is CCc1cc(C)cc(C)c1-n1cc(C)c2c(NC(CC)CO)nc(C)nc21. The van der Waals surface area contributed by atoms with E-state index in [4.69, 9.17) is 4.98 Å². The van der Waals surface area contributed by atoms with E-state index in [1.165, 1.54) is 22.4 Å². The summed E-state index contributed by atoms with van der Waals surface area (Å²) in [5.74, 6) is 1.53. The van der Waals surface area contributed by atoms with Crippen molar-refractivity contribution in [2.45, 2.75) is 60.4 Å². The van der Waals surface area contributed by atoms with E-state index in [0.717, 1.165) is 41.1 Å². The second kappa shape index (κ2) is 7.69. The first-order chi connectivity index (χ1) is 12.9. The molecule has 0 fully saturated rings. The number of aliphatic hydroxyl groups excluding tert-OH is 1. The number of nitrogens with zero attached hydrogens (tertiary/aromatic N) is 3. The Morgan fingerprint density at radius 2 is 1.81 bits per heavy atom. The third kappa shape index (κ3) is 3.56. The fourth-order valence-corrected chi connectivity index (χ4v) is 3.82. The molecule has 0 aliphatic carbocycles. The van der Waals surface area contributed by atoms with Gasteiger partial charge in [-0.2, -0.15) is 0 Å². The van der Waals surface area contributed by atoms with E-state index in [1.807, 2.05) is 6.92 Å². The van der Waals surface area contributed by atoms with Crippen LogP contribution in [0.3, 0.4) is 0 Å². The molecule has 3 aromatic rings. The minimum absolute atomic E-state index is 0.0161. The molecule has 0 aliphatic heterocycles. The summed E-state index contributed by atoms with van der Waals surface area (Å²) in [6, 6.07) is 4.47. The van der Waals surface area contributed by atoms with E-state index in [0.29, 0.717) is 0 Å². The second-order valence-electron chi connectivity index (χ2n) is 7.38. The van der Waals surface area contributed by atoms with Gasteiger partial charge >= 0.3 is 0 Å². The number of aliphatic hydroxyl groups is 1. The van der Waals surface area contributed by atoms with Crippen molar-refractivity contribution in [2.75, 3.05) is 11.9 Å². The van der Waals surface area contributed by atoms with Gasteiger partial charge in [0.05, 0.1) is 23.7 Å². The van der Waals surface area contributed by atoms with E-state index in [9.17, 15) is 5.11 Å². The summed E-state index contributed by atoms with van der Waals surface area (Å²) in [4.78, 5) is 9.42. The lowest BCUT2D eigenvalue weighted by Gasteiger charge is -2.17. The Bertz CT molecular complexity index is 970. The number of fused-ring (bicyclic) bond motifs is 1. The van der Waals surface area contributed by atoms with E-state index in [1.54, 1.807) is 0 Å². The van der Waals surface area contributed by atoms with E-state index in [2.05, 4.69) is 67.8 Å². The predicted octanol–water partition coefficient (Wildman–Crippen LogP) is 4.40. The number of aromatic nitrogens is 3. The maximum Gasteiger partial charge on any atom is 0.150 e. The van der Waals surface area contributed by atoms with E-state index in [-0.39, 0.29) is 12.6 Å². The molecule has 144 valence electrons. The maximum absolute atomic E-state index is 9.60. The summed E-state index contributed by atoms with van der Waals surface area (Å²) < 4.78 is 2.21. The molecule has 2 heterocycles. The molecule has 0 amide bonds. The Morgan fingerprint density at radius 3 is 2.44 bits per heavy atom. The van der Waals surface area contributed by atoms with Crippen LogP contribution in [-0.4, -0.2) is 32.3 Å². The molecular formula is C22H30N4O. The van der Waals surface area contributed by atoms with Crippen LogP contribution in [-0.2, 0) is 6.42 Å². The maximum atomic E-state index is 9.60. The van der Waals surface area contributed by atoms with Gasteiger partial charge in [-0.05, 0) is 57.2 Å². The lowest BCUT2D eigenvalue weighted by atomic mass is 10.0. The van der Waals surface area contributed by atoms with Gasteiger partial charge in [-0.1, -0.05) is 31.5 Å². The van der Waals surface area contributed by atoms with Gasteiger partial charge < -0.3 is 15.0 Å². The smallest absolute Gasteiger partial charge is 0.150 e. The second-order valence-corrected chi connectivity index (χ2v) is 7.38. The largest absolute Gasteiger partial charge is 0.394 e. The third-order valence-corrected chi connectivity index (χ3v) is 5.15. The molecule has 2 N–H and O–H groups in total. The van der Waals surface area contributed by atoms with Gasteiger partial charge in [-0.15, -0.1) is 0 Å². The molecule has 0 aliphatic rings. The first-order valence-corrected chi connectivity index (χ1v) is 9.73. The molecule has 1 unspecified atom stereocenters. The first-order valence-electron chi connectivity index (χ1n) is 9.73. The average Bonchev–Trinajstić information content (AvgIpc) is 2.94. The summed E-state index contributed by atoms with van der Waals surface area (Å²) >= 11 is 0. The highest BCUT2D eigenvalue weighted by Crippen LogP contribution is 2.32. The van der Waals surface area contributed by atoms with Crippen LogP contribution in [0.4, 0.5) is 5.82 Å². The molecule has 1 atom stereocenters. The highest BCUT2D eigenvalue weighted by Gasteiger charge is 2.19. The van der Waals surface area contributed by atoms with Crippen LogP contribution < -0.4 is 5.32 Å². The van der Waals surface area contributed by atoms with Gasteiger partial charge in [0.25, 0.3) is 0 Å². The highest BCUT2D eigenvalue weighted by atomic mass is 16.3. The summed E-state index contributed by atoms with van der Waals surface area (Å²) in [5, 5.41) is 14.0. The van der Waals surface area contributed by atoms with Crippen LogP contribution in [0.5, 0.6) is 0 Å². The number of anilines is 1. The number of benzene rings is 1. The van der Waals surface area contributed by atoms with Crippen molar-refractivity contribution in [2.24, 2.45) is 0 Å². The first kappa shape index (κ1) is 19.4. The van der Waals surface area contributed by atoms with Crippen molar-refractivity contribution in [3.05, 3.63) is 46.4 Å². The van der Waals surface area contributed by atoms with Crippen LogP contribution in [0.2, 0.25) is 0 Å². The van der Waals surface area contributed by atoms with E-state index < -0.39 is 0 Å². The van der Waals surface area contributed by atoms with Gasteiger partial charge in [0.2, 0.25) is 0 Å². The molecule has 2 aromatic heterocycles. The molecule has 1 aromatic carbocycles. The van der Waals surface area contributed by atoms with Crippen molar-refractivity contribution < 1.29 is 5.11 Å². The molecule has 0 spiro atoms. The predicted molar refractivity (Wildman–Crippen MR) is 112 cm³/mol. The topological polar surface area (TPSA) is 63.0 Å². The van der Waals surface area contributed by atoms with Crippen molar-refractivity contribution in [3.8, 4) is 5.69 Å². The van der Waals surface area contributed by atoms with Crippen molar-refractivity contribution >= 4 is 16.9 Å². The van der Waals surface area contributed by atoms with Gasteiger partial charge in [0.15, 0.2) is 5.65 Å². The Balaban J connectivity index is 2.28. The lowest BCUT2D eigenvalue weighted by molar-refractivity contribution is 0.271. The minimum Gasteiger partial charge on any atom is -0.394 e. The van der Waals surface area contributed by atoms with Crippen molar-refractivity contribution in [1.29, 1.82) is 0 Å². The van der Waals surface area contributed by atoms with Crippen LogP contribution in [0.1, 0.15) is 48.3 Å². The van der Waals surface area contributed by atoms with Crippen molar-refractivity contribution in [1.82, 2.24) is 14.5 Å². The Hall–Kier alpha value is -2.40. The fraction of sp³-hybridized carbons (Fsp3) is 0.455. The minimum atomic E-state index is -0.0161. The average molecular weight is 367 g/mol. The number of hydrogen-bond donors (Lipinski definition) is 2. The van der Waals surface area contributed by atoms with Gasteiger partial charge in [-0.3, -0.25) is 0 Å². The van der Waals surface area contributed by atoms with Gasteiger partial charge in [-0.25, -0.2) is 9.97 Å². The lowest BCUT2D eigenvalue weighted by Crippen LogP contribution is -2.23. The molecule has 5 nitrogen and oxygen atoms in total. The third-order valence-electron chi connectivity index (χ3n) is 5.15. The molecule has 0 saturated carbocycles. The Labute approximate surface area is 161 Å². The zero-order valence-electron chi connectivity index (χ0n) is 17.2. The number of rotatable bonds is 6. The quantitative estimate of drug-likeness (QED) is 0.679. The molecule has 27 heavy (non-hydrogen) atoms.